The van der Waals surface area contributed by atoms with Crippen molar-refractivity contribution in [2.75, 3.05) is 0 Å². The van der Waals surface area contributed by atoms with E-state index in [9.17, 15) is 17.6 Å². The highest BCUT2D eigenvalue weighted by atomic mass is 32.2. The second-order valence-electron chi connectivity index (χ2n) is 3.53. The van der Waals surface area contributed by atoms with Crippen molar-refractivity contribution in [2.45, 2.75) is 10.6 Å². The Kier molecular flexibility index (Phi) is 3.30. The third kappa shape index (κ3) is 2.94. The van der Waals surface area contributed by atoms with Gasteiger partial charge in [0.05, 0.1) is 4.90 Å². The molecule has 0 fully saturated rings. The molecule has 0 saturated carbocycles. The molecule has 0 saturated heterocycles. The highest BCUT2D eigenvalue weighted by Gasteiger charge is 2.21. The van der Waals surface area contributed by atoms with Crippen LogP contribution >= 0.6 is 0 Å². The summed E-state index contributed by atoms with van der Waals surface area (Å²) in [6, 6.07) is 4.21. The number of benzene rings is 1. The van der Waals surface area contributed by atoms with Crippen LogP contribution in [0.5, 0.6) is 0 Å². The summed E-state index contributed by atoms with van der Waals surface area (Å²) in [6.07, 6.45) is 0. The average molecular weight is 286 g/mol. The van der Waals surface area contributed by atoms with Gasteiger partial charge in [-0.25, -0.2) is 17.6 Å². The second-order valence-corrected chi connectivity index (χ2v) is 5.52. The summed E-state index contributed by atoms with van der Waals surface area (Å²) in [6.45, 7) is 0. The van der Waals surface area contributed by atoms with Gasteiger partial charge in [0.1, 0.15) is 11.6 Å². The van der Waals surface area contributed by atoms with E-state index < -0.39 is 33.3 Å². The molecule has 19 heavy (non-hydrogen) atoms. The van der Waals surface area contributed by atoms with Gasteiger partial charge in [-0.05, 0) is 24.3 Å². The zero-order valence-electron chi connectivity index (χ0n) is 9.28. The van der Waals surface area contributed by atoms with E-state index in [0.29, 0.717) is 0 Å². The Balaban J connectivity index is 2.25. The predicted octanol–water partition coefficient (Wildman–Crippen LogP) is 0.881. The van der Waals surface area contributed by atoms with Crippen LogP contribution in [-0.2, 0) is 15.6 Å². The number of carbonyl (C=O) groups is 1. The molecule has 0 bridgehead atoms. The third-order valence-corrected chi connectivity index (χ3v) is 3.77. The van der Waals surface area contributed by atoms with Crippen molar-refractivity contribution in [2.24, 2.45) is 0 Å². The van der Waals surface area contributed by atoms with Gasteiger partial charge in [-0.3, -0.25) is 0 Å². The lowest BCUT2D eigenvalue weighted by Crippen LogP contribution is -2.07. The van der Waals surface area contributed by atoms with Gasteiger partial charge in [0.15, 0.2) is 15.7 Å². The van der Waals surface area contributed by atoms with Crippen molar-refractivity contribution in [1.82, 2.24) is 10.1 Å². The maximum absolute atomic E-state index is 12.7. The zero-order chi connectivity index (χ0) is 14.0. The SMILES string of the molecule is O=C(O)c1nc(CS(=O)(=O)c2ccc(F)cc2)no1. The lowest BCUT2D eigenvalue weighted by Gasteiger charge is -2.00. The van der Waals surface area contributed by atoms with Crippen LogP contribution in [0.25, 0.3) is 0 Å². The fourth-order valence-electron chi connectivity index (χ4n) is 1.29. The minimum atomic E-state index is -3.79. The summed E-state index contributed by atoms with van der Waals surface area (Å²) in [5.74, 6) is -3.61. The molecular formula is C10H7FN2O5S. The molecule has 0 radical (unpaired) electrons. The van der Waals surface area contributed by atoms with Gasteiger partial charge in [-0.2, -0.15) is 4.98 Å². The molecule has 9 heteroatoms. The van der Waals surface area contributed by atoms with Gasteiger partial charge in [0.25, 0.3) is 0 Å². The predicted molar refractivity (Wildman–Crippen MR) is 58.5 cm³/mol. The Morgan fingerprint density at radius 3 is 2.47 bits per heavy atom. The number of carboxylic acid groups (broad SMARTS) is 1. The molecule has 1 heterocycles. The van der Waals surface area contributed by atoms with Crippen LogP contribution in [-0.4, -0.2) is 29.6 Å². The number of sulfone groups is 1. The first-order valence-corrected chi connectivity index (χ1v) is 6.58. The second kappa shape index (κ2) is 4.76. The first-order chi connectivity index (χ1) is 8.88. The highest BCUT2D eigenvalue weighted by Crippen LogP contribution is 2.15. The molecule has 0 aliphatic carbocycles. The van der Waals surface area contributed by atoms with Crippen LogP contribution in [0, 0.1) is 5.82 Å². The van der Waals surface area contributed by atoms with Crippen molar-refractivity contribution >= 4 is 15.8 Å². The number of hydrogen-bond acceptors (Lipinski definition) is 6. The van der Waals surface area contributed by atoms with E-state index in [2.05, 4.69) is 14.7 Å². The largest absolute Gasteiger partial charge is 0.474 e. The highest BCUT2D eigenvalue weighted by molar-refractivity contribution is 7.90. The van der Waals surface area contributed by atoms with E-state index in [1.54, 1.807) is 0 Å². The fraction of sp³-hybridized carbons (Fsp3) is 0.100. The molecule has 0 unspecified atom stereocenters. The third-order valence-electron chi connectivity index (χ3n) is 2.14. The summed E-state index contributed by atoms with van der Waals surface area (Å²) in [4.78, 5) is 13.8. The first-order valence-electron chi connectivity index (χ1n) is 4.93. The number of nitrogens with zero attached hydrogens (tertiary/aromatic N) is 2. The summed E-state index contributed by atoms with van der Waals surface area (Å²) in [5.41, 5.74) is 0. The van der Waals surface area contributed by atoms with E-state index in [-0.39, 0.29) is 10.7 Å². The molecule has 0 aliphatic heterocycles. The minimum absolute atomic E-state index is 0.115. The van der Waals surface area contributed by atoms with Crippen LogP contribution in [0.4, 0.5) is 4.39 Å². The molecule has 0 aliphatic rings. The van der Waals surface area contributed by atoms with Crippen LogP contribution in [0.1, 0.15) is 16.5 Å². The molecule has 1 N–H and O–H groups in total. The van der Waals surface area contributed by atoms with Crippen LogP contribution < -0.4 is 0 Å². The lowest BCUT2D eigenvalue weighted by atomic mass is 10.4. The van der Waals surface area contributed by atoms with Crippen LogP contribution in [0.2, 0.25) is 0 Å². The molecule has 1 aromatic heterocycles. The number of rotatable bonds is 4. The van der Waals surface area contributed by atoms with Crippen molar-refractivity contribution in [3.05, 3.63) is 41.8 Å². The van der Waals surface area contributed by atoms with Gasteiger partial charge in [-0.15, -0.1) is 0 Å². The van der Waals surface area contributed by atoms with E-state index in [0.717, 1.165) is 24.3 Å². The van der Waals surface area contributed by atoms with E-state index >= 15 is 0 Å². The van der Waals surface area contributed by atoms with Gasteiger partial charge < -0.3 is 9.63 Å². The standard InChI is InChI=1S/C10H7FN2O5S/c11-6-1-3-7(4-2-6)19(16,17)5-8-12-9(10(14)15)18-13-8/h1-4H,5H2,(H,14,15). The number of aromatic nitrogens is 2. The Morgan fingerprint density at radius 2 is 1.95 bits per heavy atom. The lowest BCUT2D eigenvalue weighted by molar-refractivity contribution is 0.0643. The number of hydrogen-bond donors (Lipinski definition) is 1. The summed E-state index contributed by atoms with van der Waals surface area (Å²) in [7, 11) is -3.79. The van der Waals surface area contributed by atoms with Crippen molar-refractivity contribution in [3.8, 4) is 0 Å². The molecule has 2 rings (SSSR count). The quantitative estimate of drug-likeness (QED) is 0.830. The van der Waals surface area contributed by atoms with Crippen molar-refractivity contribution in [1.29, 1.82) is 0 Å². The summed E-state index contributed by atoms with van der Waals surface area (Å²) < 4.78 is 40.8. The van der Waals surface area contributed by atoms with Gasteiger partial charge >= 0.3 is 11.9 Å². The molecule has 0 spiro atoms. The van der Waals surface area contributed by atoms with Crippen molar-refractivity contribution in [3.63, 3.8) is 0 Å². The Hall–Kier alpha value is -2.29. The van der Waals surface area contributed by atoms with Gasteiger partial charge in [-0.1, -0.05) is 5.16 Å². The van der Waals surface area contributed by atoms with Crippen LogP contribution in [0.3, 0.4) is 0 Å². The Bertz CT molecular complexity index is 708. The van der Waals surface area contributed by atoms with Gasteiger partial charge in [0.2, 0.25) is 0 Å². The normalized spacial score (nSPS) is 11.4. The van der Waals surface area contributed by atoms with Crippen LogP contribution in [0.15, 0.2) is 33.7 Å². The van der Waals surface area contributed by atoms with E-state index in [4.69, 9.17) is 5.11 Å². The zero-order valence-corrected chi connectivity index (χ0v) is 10.1. The molecule has 1 aromatic carbocycles. The molecular weight excluding hydrogens is 279 g/mol. The van der Waals surface area contributed by atoms with E-state index in [1.807, 2.05) is 0 Å². The van der Waals surface area contributed by atoms with E-state index in [1.165, 1.54) is 0 Å². The number of halogens is 1. The van der Waals surface area contributed by atoms with Gasteiger partial charge in [0, 0.05) is 0 Å². The first kappa shape index (κ1) is 13.1. The average Bonchev–Trinajstić information content (AvgIpc) is 2.77. The Labute approximate surface area is 106 Å². The molecule has 7 nitrogen and oxygen atoms in total. The monoisotopic (exact) mass is 286 g/mol. The smallest absolute Gasteiger partial charge is 0.394 e. The topological polar surface area (TPSA) is 110 Å². The Morgan fingerprint density at radius 1 is 1.32 bits per heavy atom. The fourth-order valence-corrected chi connectivity index (χ4v) is 2.47. The summed E-state index contributed by atoms with van der Waals surface area (Å²) >= 11 is 0. The molecule has 0 atom stereocenters. The molecule has 100 valence electrons. The number of carboxylic acids is 1. The van der Waals surface area contributed by atoms with Crippen molar-refractivity contribution < 1.29 is 27.2 Å². The summed E-state index contributed by atoms with van der Waals surface area (Å²) in [5, 5.41) is 11.8. The molecule has 2 aromatic rings. The molecule has 0 amide bonds. The maximum Gasteiger partial charge on any atom is 0.394 e. The number of aromatic carboxylic acids is 1. The maximum atomic E-state index is 12.7. The minimum Gasteiger partial charge on any atom is -0.474 e.